The van der Waals surface area contributed by atoms with Gasteiger partial charge in [0.05, 0.1) is 10.6 Å². The van der Waals surface area contributed by atoms with Gasteiger partial charge >= 0.3 is 0 Å². The maximum Gasteiger partial charge on any atom is 0.240 e. The quantitative estimate of drug-likeness (QED) is 0.601. The predicted octanol–water partition coefficient (Wildman–Crippen LogP) is -0.329. The van der Waals surface area contributed by atoms with Gasteiger partial charge in [-0.2, -0.15) is 0 Å². The Morgan fingerprint density at radius 2 is 1.81 bits per heavy atom. The first kappa shape index (κ1) is 18.1. The SMILES string of the molecule is CCNS(=O)(=O)CCNS(=O)(=O)c1cc(CN)ccc1C. The second-order valence-corrected chi connectivity index (χ2v) is 8.18. The van der Waals surface area contributed by atoms with E-state index in [1.807, 2.05) is 0 Å². The van der Waals surface area contributed by atoms with Gasteiger partial charge in [0, 0.05) is 19.6 Å². The number of rotatable bonds is 8. The molecule has 4 N–H and O–H groups in total. The molecule has 0 heterocycles. The molecule has 0 aliphatic carbocycles. The van der Waals surface area contributed by atoms with Crippen molar-refractivity contribution in [2.24, 2.45) is 5.73 Å². The highest BCUT2D eigenvalue weighted by atomic mass is 32.2. The molecule has 0 radical (unpaired) electrons. The molecule has 0 aliphatic heterocycles. The van der Waals surface area contributed by atoms with E-state index in [-0.39, 0.29) is 30.3 Å². The number of sulfonamides is 2. The summed E-state index contributed by atoms with van der Waals surface area (Å²) in [5.41, 5.74) is 6.77. The van der Waals surface area contributed by atoms with Crippen LogP contribution in [-0.2, 0) is 26.6 Å². The van der Waals surface area contributed by atoms with E-state index in [2.05, 4.69) is 9.44 Å². The van der Waals surface area contributed by atoms with Crippen LogP contribution in [0.25, 0.3) is 0 Å². The minimum Gasteiger partial charge on any atom is -0.326 e. The standard InChI is InChI=1S/C12H21N3O4S2/c1-3-14-20(16,17)7-6-15-21(18,19)12-8-11(9-13)5-4-10(12)2/h4-5,8,14-15H,3,6-7,9,13H2,1-2H3. The fraction of sp³-hybridized carbons (Fsp3) is 0.500. The Labute approximate surface area is 126 Å². The Hall–Kier alpha value is -1.00. The Morgan fingerprint density at radius 3 is 2.38 bits per heavy atom. The first-order valence-corrected chi connectivity index (χ1v) is 9.62. The molecule has 0 aliphatic rings. The van der Waals surface area contributed by atoms with E-state index in [0.29, 0.717) is 11.1 Å². The summed E-state index contributed by atoms with van der Waals surface area (Å²) in [7, 11) is -7.21. The summed E-state index contributed by atoms with van der Waals surface area (Å²) in [5, 5.41) is 0. The van der Waals surface area contributed by atoms with Crippen LogP contribution < -0.4 is 15.2 Å². The highest BCUT2D eigenvalue weighted by Gasteiger charge is 2.18. The van der Waals surface area contributed by atoms with Crippen LogP contribution in [0.4, 0.5) is 0 Å². The Balaban J connectivity index is 2.83. The van der Waals surface area contributed by atoms with E-state index in [1.165, 1.54) is 6.07 Å². The van der Waals surface area contributed by atoms with E-state index in [1.54, 1.807) is 26.0 Å². The lowest BCUT2D eigenvalue weighted by atomic mass is 10.1. The van der Waals surface area contributed by atoms with Crippen molar-refractivity contribution in [2.75, 3.05) is 18.8 Å². The van der Waals surface area contributed by atoms with Gasteiger partial charge in [-0.15, -0.1) is 0 Å². The lowest BCUT2D eigenvalue weighted by Crippen LogP contribution is -2.34. The number of hydrogen-bond donors (Lipinski definition) is 3. The lowest BCUT2D eigenvalue weighted by Gasteiger charge is -2.11. The molecule has 0 amide bonds. The van der Waals surface area contributed by atoms with Gasteiger partial charge in [0.2, 0.25) is 20.0 Å². The smallest absolute Gasteiger partial charge is 0.240 e. The predicted molar refractivity (Wildman–Crippen MR) is 81.7 cm³/mol. The minimum absolute atomic E-state index is 0.117. The van der Waals surface area contributed by atoms with Crippen molar-refractivity contribution in [3.05, 3.63) is 29.3 Å². The fourth-order valence-corrected chi connectivity index (χ4v) is 4.15. The Morgan fingerprint density at radius 1 is 1.14 bits per heavy atom. The molecule has 7 nitrogen and oxygen atoms in total. The summed E-state index contributed by atoms with van der Waals surface area (Å²) in [5.74, 6) is -0.310. The molecule has 0 unspecified atom stereocenters. The van der Waals surface area contributed by atoms with Crippen molar-refractivity contribution in [1.82, 2.24) is 9.44 Å². The Bertz CT molecular complexity index is 684. The second-order valence-electron chi connectivity index (χ2n) is 4.52. The van der Waals surface area contributed by atoms with Crippen molar-refractivity contribution >= 4 is 20.0 Å². The van der Waals surface area contributed by atoms with Gasteiger partial charge in [0.25, 0.3) is 0 Å². The van der Waals surface area contributed by atoms with Crippen molar-refractivity contribution in [3.63, 3.8) is 0 Å². The molecule has 0 bridgehead atoms. The van der Waals surface area contributed by atoms with Crippen LogP contribution in [0.15, 0.2) is 23.1 Å². The van der Waals surface area contributed by atoms with E-state index >= 15 is 0 Å². The number of benzene rings is 1. The molecule has 0 spiro atoms. The molecule has 0 aromatic heterocycles. The third-order valence-electron chi connectivity index (χ3n) is 2.80. The van der Waals surface area contributed by atoms with Gasteiger partial charge < -0.3 is 5.73 Å². The molecule has 120 valence electrons. The molecule has 1 aromatic rings. The maximum atomic E-state index is 12.2. The summed E-state index contributed by atoms with van der Waals surface area (Å²) in [6, 6.07) is 4.92. The second kappa shape index (κ2) is 7.32. The summed E-state index contributed by atoms with van der Waals surface area (Å²) in [6.45, 7) is 3.64. The number of aryl methyl sites for hydroxylation is 1. The van der Waals surface area contributed by atoms with Crippen molar-refractivity contribution in [2.45, 2.75) is 25.3 Å². The third-order valence-corrected chi connectivity index (χ3v) is 5.88. The molecule has 1 aromatic carbocycles. The average molecular weight is 335 g/mol. The van der Waals surface area contributed by atoms with E-state index in [9.17, 15) is 16.8 Å². The van der Waals surface area contributed by atoms with Crippen LogP contribution >= 0.6 is 0 Å². The molecule has 0 fully saturated rings. The molecule has 0 saturated heterocycles. The van der Waals surface area contributed by atoms with Crippen molar-refractivity contribution < 1.29 is 16.8 Å². The monoisotopic (exact) mass is 335 g/mol. The van der Waals surface area contributed by atoms with Crippen LogP contribution in [-0.4, -0.2) is 35.7 Å². The van der Waals surface area contributed by atoms with Gasteiger partial charge in [-0.05, 0) is 24.1 Å². The summed E-state index contributed by atoms with van der Waals surface area (Å²) >= 11 is 0. The van der Waals surface area contributed by atoms with Gasteiger partial charge in [-0.3, -0.25) is 0 Å². The number of nitrogens with one attached hydrogen (secondary N) is 2. The topological polar surface area (TPSA) is 118 Å². The number of hydrogen-bond acceptors (Lipinski definition) is 5. The molecular weight excluding hydrogens is 314 g/mol. The van der Waals surface area contributed by atoms with Crippen LogP contribution in [0.3, 0.4) is 0 Å². The first-order valence-electron chi connectivity index (χ1n) is 6.48. The highest BCUT2D eigenvalue weighted by Crippen LogP contribution is 2.16. The van der Waals surface area contributed by atoms with Crippen LogP contribution in [0.2, 0.25) is 0 Å². The maximum absolute atomic E-state index is 12.2. The summed E-state index contributed by atoms with van der Waals surface area (Å²) < 4.78 is 51.9. The van der Waals surface area contributed by atoms with Crippen LogP contribution in [0.1, 0.15) is 18.1 Å². The van der Waals surface area contributed by atoms with E-state index in [0.717, 1.165) is 0 Å². The fourth-order valence-electron chi connectivity index (χ4n) is 1.74. The lowest BCUT2D eigenvalue weighted by molar-refractivity contribution is 0.576. The first-order chi connectivity index (χ1) is 9.72. The Kier molecular flexibility index (Phi) is 6.29. The van der Waals surface area contributed by atoms with Crippen LogP contribution in [0, 0.1) is 6.92 Å². The highest BCUT2D eigenvalue weighted by molar-refractivity contribution is 7.90. The van der Waals surface area contributed by atoms with Gasteiger partial charge in [0.15, 0.2) is 0 Å². The van der Waals surface area contributed by atoms with Crippen molar-refractivity contribution in [3.8, 4) is 0 Å². The number of nitrogens with two attached hydrogens (primary N) is 1. The zero-order chi connectivity index (χ0) is 16.1. The molecule has 0 atom stereocenters. The van der Waals surface area contributed by atoms with E-state index in [4.69, 9.17) is 5.73 Å². The largest absolute Gasteiger partial charge is 0.326 e. The third kappa shape index (κ3) is 5.36. The van der Waals surface area contributed by atoms with Gasteiger partial charge in [0.1, 0.15) is 0 Å². The summed E-state index contributed by atoms with van der Waals surface area (Å²) in [4.78, 5) is 0.117. The normalized spacial score (nSPS) is 12.5. The van der Waals surface area contributed by atoms with Gasteiger partial charge in [-0.1, -0.05) is 19.1 Å². The average Bonchev–Trinajstić information content (AvgIpc) is 2.38. The molecular formula is C12H21N3O4S2. The molecule has 1 rings (SSSR count). The molecule has 9 heteroatoms. The minimum atomic E-state index is -3.76. The molecule has 0 saturated carbocycles. The van der Waals surface area contributed by atoms with Gasteiger partial charge in [-0.25, -0.2) is 26.3 Å². The van der Waals surface area contributed by atoms with Crippen LogP contribution in [0.5, 0.6) is 0 Å². The zero-order valence-electron chi connectivity index (χ0n) is 12.1. The van der Waals surface area contributed by atoms with E-state index < -0.39 is 20.0 Å². The molecule has 21 heavy (non-hydrogen) atoms. The van der Waals surface area contributed by atoms with Crippen molar-refractivity contribution in [1.29, 1.82) is 0 Å². The summed E-state index contributed by atoms with van der Waals surface area (Å²) in [6.07, 6.45) is 0. The zero-order valence-corrected chi connectivity index (χ0v) is 13.7.